The molecular weight excluding hydrogens is 292 g/mol. The van der Waals surface area contributed by atoms with Crippen LogP contribution in [0.4, 0.5) is 0 Å². The molecule has 1 atom stereocenters. The van der Waals surface area contributed by atoms with Gasteiger partial charge in [0.25, 0.3) is 0 Å². The number of hydrogen-bond acceptors (Lipinski definition) is 2. The molecule has 0 saturated carbocycles. The summed E-state index contributed by atoms with van der Waals surface area (Å²) in [6, 6.07) is 16.1. The molecule has 2 heteroatoms. The van der Waals surface area contributed by atoms with E-state index in [0.717, 1.165) is 6.54 Å². The largest absolute Gasteiger partial charge is 0.309 e. The maximum absolute atomic E-state index is 2.67. The molecule has 0 amide bonds. The normalized spacial score (nSPS) is 19.7. The van der Waals surface area contributed by atoms with Gasteiger partial charge in [0.2, 0.25) is 0 Å². The molecule has 4 rings (SSSR count). The van der Waals surface area contributed by atoms with Gasteiger partial charge in [0.15, 0.2) is 0 Å². The molecule has 2 aliphatic rings. The monoisotopic (exact) mass is 320 g/mol. The summed E-state index contributed by atoms with van der Waals surface area (Å²) < 4.78 is 0. The van der Waals surface area contributed by atoms with Crippen LogP contribution in [0.1, 0.15) is 40.2 Å². The predicted molar refractivity (Wildman–Crippen MR) is 101 cm³/mol. The Morgan fingerprint density at radius 2 is 1.71 bits per heavy atom. The van der Waals surface area contributed by atoms with Gasteiger partial charge in [-0.2, -0.15) is 0 Å². The highest BCUT2D eigenvalue weighted by Gasteiger charge is 2.31. The quantitative estimate of drug-likeness (QED) is 0.848. The number of fused-ring (bicyclic) bond motifs is 2. The molecule has 1 unspecified atom stereocenters. The smallest absolute Gasteiger partial charge is 0.0237 e. The van der Waals surface area contributed by atoms with Gasteiger partial charge in [-0.15, -0.1) is 0 Å². The zero-order valence-electron chi connectivity index (χ0n) is 15.0. The third kappa shape index (κ3) is 3.01. The lowest BCUT2D eigenvalue weighted by molar-refractivity contribution is 0.226. The average Bonchev–Trinajstić information content (AvgIpc) is 2.74. The number of benzene rings is 2. The van der Waals surface area contributed by atoms with Crippen molar-refractivity contribution in [3.63, 3.8) is 0 Å². The lowest BCUT2D eigenvalue weighted by Crippen LogP contribution is -2.36. The van der Waals surface area contributed by atoms with Gasteiger partial charge < -0.3 is 4.90 Å². The van der Waals surface area contributed by atoms with Gasteiger partial charge in [-0.05, 0) is 74.3 Å². The summed E-state index contributed by atoms with van der Waals surface area (Å²) in [5.74, 6) is 0.558. The van der Waals surface area contributed by atoms with Crippen LogP contribution in [0.3, 0.4) is 0 Å². The van der Waals surface area contributed by atoms with Crippen LogP contribution >= 0.6 is 0 Å². The first-order chi connectivity index (χ1) is 11.7. The summed E-state index contributed by atoms with van der Waals surface area (Å²) in [4.78, 5) is 4.96. The predicted octanol–water partition coefficient (Wildman–Crippen LogP) is 3.68. The molecule has 0 spiro atoms. The van der Waals surface area contributed by atoms with Crippen molar-refractivity contribution >= 4 is 0 Å². The van der Waals surface area contributed by atoms with Gasteiger partial charge in [-0.1, -0.05) is 42.5 Å². The standard InChI is InChI=1S/C22H28N2/c1-23(2)13-6-14-24-15-19-9-5-8-18-12-11-17-7-3-4-10-20(17)21(16-24)22(18)19/h3-5,7-10,21H,6,11-16H2,1-2H3. The molecule has 2 aromatic carbocycles. The lowest BCUT2D eigenvalue weighted by atomic mass is 9.82. The van der Waals surface area contributed by atoms with E-state index in [0.29, 0.717) is 5.92 Å². The molecule has 126 valence electrons. The Bertz CT molecular complexity index is 720. The number of hydrogen-bond donors (Lipinski definition) is 0. The highest BCUT2D eigenvalue weighted by molar-refractivity contribution is 5.50. The fourth-order valence-electron chi connectivity index (χ4n) is 4.53. The van der Waals surface area contributed by atoms with E-state index in [4.69, 9.17) is 0 Å². The van der Waals surface area contributed by atoms with Crippen molar-refractivity contribution in [1.82, 2.24) is 9.80 Å². The van der Waals surface area contributed by atoms with Crippen LogP contribution in [-0.4, -0.2) is 43.5 Å². The molecule has 2 nitrogen and oxygen atoms in total. The van der Waals surface area contributed by atoms with Gasteiger partial charge >= 0.3 is 0 Å². The minimum absolute atomic E-state index is 0.558. The van der Waals surface area contributed by atoms with Crippen molar-refractivity contribution < 1.29 is 0 Å². The van der Waals surface area contributed by atoms with Crippen LogP contribution in [0, 0.1) is 0 Å². The highest BCUT2D eigenvalue weighted by atomic mass is 15.1. The fourth-order valence-corrected chi connectivity index (χ4v) is 4.53. The van der Waals surface area contributed by atoms with Crippen molar-refractivity contribution in [3.05, 3.63) is 70.3 Å². The van der Waals surface area contributed by atoms with Crippen molar-refractivity contribution in [3.8, 4) is 0 Å². The van der Waals surface area contributed by atoms with E-state index in [2.05, 4.69) is 66.4 Å². The molecule has 1 aliphatic heterocycles. The van der Waals surface area contributed by atoms with Crippen LogP contribution in [0.25, 0.3) is 0 Å². The molecule has 0 fully saturated rings. The summed E-state index contributed by atoms with van der Waals surface area (Å²) in [6.45, 7) is 4.66. The molecule has 0 saturated heterocycles. The lowest BCUT2D eigenvalue weighted by Gasteiger charge is -2.36. The SMILES string of the molecule is CN(C)CCCN1Cc2cccc3c2C(C1)c1ccccc1CC3. The van der Waals surface area contributed by atoms with Crippen molar-refractivity contribution in [2.75, 3.05) is 33.7 Å². The third-order valence-electron chi connectivity index (χ3n) is 5.64. The Balaban J connectivity index is 1.67. The first-order valence-electron chi connectivity index (χ1n) is 9.28. The van der Waals surface area contributed by atoms with Crippen LogP contribution in [0.2, 0.25) is 0 Å². The Labute approximate surface area is 146 Å². The maximum atomic E-state index is 2.67. The van der Waals surface area contributed by atoms with Crippen LogP contribution in [0.5, 0.6) is 0 Å². The Morgan fingerprint density at radius 1 is 0.958 bits per heavy atom. The van der Waals surface area contributed by atoms with E-state index >= 15 is 0 Å². The van der Waals surface area contributed by atoms with Crippen molar-refractivity contribution in [2.45, 2.75) is 31.7 Å². The zero-order valence-corrected chi connectivity index (χ0v) is 15.0. The van der Waals surface area contributed by atoms with Gasteiger partial charge in [0.05, 0.1) is 0 Å². The highest BCUT2D eigenvalue weighted by Crippen LogP contribution is 2.40. The van der Waals surface area contributed by atoms with Gasteiger partial charge in [0.1, 0.15) is 0 Å². The summed E-state index contributed by atoms with van der Waals surface area (Å²) >= 11 is 0. The molecule has 2 aromatic rings. The number of nitrogens with zero attached hydrogens (tertiary/aromatic N) is 2. The van der Waals surface area contributed by atoms with Crippen LogP contribution in [-0.2, 0) is 19.4 Å². The third-order valence-corrected chi connectivity index (χ3v) is 5.64. The minimum Gasteiger partial charge on any atom is -0.309 e. The summed E-state index contributed by atoms with van der Waals surface area (Å²) in [7, 11) is 4.33. The van der Waals surface area contributed by atoms with E-state index in [-0.39, 0.29) is 0 Å². The Hall–Kier alpha value is -1.64. The summed E-state index contributed by atoms with van der Waals surface area (Å²) in [5, 5.41) is 0. The second-order valence-corrected chi connectivity index (χ2v) is 7.63. The second-order valence-electron chi connectivity index (χ2n) is 7.63. The first kappa shape index (κ1) is 15.9. The van der Waals surface area contributed by atoms with Gasteiger partial charge in [-0.3, -0.25) is 4.90 Å². The van der Waals surface area contributed by atoms with E-state index in [1.807, 2.05) is 0 Å². The minimum atomic E-state index is 0.558. The second kappa shape index (κ2) is 6.70. The average molecular weight is 320 g/mol. The van der Waals surface area contributed by atoms with Gasteiger partial charge in [0, 0.05) is 19.0 Å². The van der Waals surface area contributed by atoms with Crippen molar-refractivity contribution in [2.24, 2.45) is 0 Å². The summed E-state index contributed by atoms with van der Waals surface area (Å²) in [5.41, 5.74) is 7.92. The molecule has 1 heterocycles. The molecule has 1 aliphatic carbocycles. The molecule has 0 N–H and O–H groups in total. The topological polar surface area (TPSA) is 6.48 Å². The Morgan fingerprint density at radius 3 is 2.58 bits per heavy atom. The van der Waals surface area contributed by atoms with E-state index < -0.39 is 0 Å². The molecule has 0 aromatic heterocycles. The maximum Gasteiger partial charge on any atom is 0.0237 e. The van der Waals surface area contributed by atoms with Crippen LogP contribution < -0.4 is 0 Å². The van der Waals surface area contributed by atoms with Crippen LogP contribution in [0.15, 0.2) is 42.5 Å². The molecular formula is C22H28N2. The number of rotatable bonds is 4. The van der Waals surface area contributed by atoms with Crippen molar-refractivity contribution in [1.29, 1.82) is 0 Å². The fraction of sp³-hybridized carbons (Fsp3) is 0.455. The Kier molecular flexibility index (Phi) is 4.43. The van der Waals surface area contributed by atoms with Gasteiger partial charge in [-0.25, -0.2) is 0 Å². The zero-order chi connectivity index (χ0) is 16.5. The van der Waals surface area contributed by atoms with E-state index in [9.17, 15) is 0 Å². The van der Waals surface area contributed by atoms with E-state index in [1.165, 1.54) is 38.9 Å². The molecule has 0 radical (unpaired) electrons. The number of aryl methyl sites for hydroxylation is 2. The first-order valence-corrected chi connectivity index (χ1v) is 9.28. The van der Waals surface area contributed by atoms with E-state index in [1.54, 1.807) is 27.8 Å². The molecule has 0 bridgehead atoms. The molecule has 24 heavy (non-hydrogen) atoms. The summed E-state index contributed by atoms with van der Waals surface area (Å²) in [6.07, 6.45) is 3.62.